The van der Waals surface area contributed by atoms with Gasteiger partial charge in [-0.05, 0) is 48.7 Å². The molecule has 1 unspecified atom stereocenters. The van der Waals surface area contributed by atoms with Crippen LogP contribution in [0.4, 0.5) is 0 Å². The molecule has 2 heteroatoms. The van der Waals surface area contributed by atoms with E-state index in [-0.39, 0.29) is 6.04 Å². The average Bonchev–Trinajstić information content (AvgIpc) is 2.49. The van der Waals surface area contributed by atoms with Crippen LogP contribution >= 0.6 is 11.6 Å². The van der Waals surface area contributed by atoms with Crippen LogP contribution in [0.25, 0.3) is 0 Å². The molecule has 0 radical (unpaired) electrons. The number of hydrogen-bond acceptors (Lipinski definition) is 1. The summed E-state index contributed by atoms with van der Waals surface area (Å²) < 4.78 is 0. The Morgan fingerprint density at radius 2 is 1.50 bits per heavy atom. The Morgan fingerprint density at radius 3 is 2.00 bits per heavy atom. The molecular weight excluding hydrogens is 266 g/mol. The largest absolute Gasteiger partial charge is 0.309 e. The van der Waals surface area contributed by atoms with Crippen molar-refractivity contribution in [3.05, 3.63) is 70.2 Å². The van der Waals surface area contributed by atoms with E-state index >= 15 is 0 Å². The third-order valence-corrected chi connectivity index (χ3v) is 3.88. The van der Waals surface area contributed by atoms with Gasteiger partial charge in [-0.3, -0.25) is 0 Å². The van der Waals surface area contributed by atoms with Crippen LogP contribution in [0.15, 0.2) is 48.5 Å². The zero-order valence-electron chi connectivity index (χ0n) is 12.2. The normalized spacial score (nSPS) is 12.3. The third-order valence-electron chi connectivity index (χ3n) is 3.62. The van der Waals surface area contributed by atoms with Gasteiger partial charge in [0.15, 0.2) is 0 Å². The fraction of sp³-hybridized carbons (Fsp3) is 0.333. The summed E-state index contributed by atoms with van der Waals surface area (Å²) in [4.78, 5) is 0. The summed E-state index contributed by atoms with van der Waals surface area (Å²) >= 11 is 5.95. The Bertz CT molecular complexity index is 516. The van der Waals surface area contributed by atoms with Crippen molar-refractivity contribution in [2.75, 3.05) is 7.05 Å². The van der Waals surface area contributed by atoms with Crippen LogP contribution in [0.1, 0.15) is 42.5 Å². The first-order chi connectivity index (χ1) is 9.74. The van der Waals surface area contributed by atoms with Gasteiger partial charge in [0.05, 0.1) is 6.04 Å². The van der Waals surface area contributed by atoms with Crippen molar-refractivity contribution < 1.29 is 0 Å². The summed E-state index contributed by atoms with van der Waals surface area (Å²) in [6.07, 6.45) is 3.67. The highest BCUT2D eigenvalue weighted by Gasteiger charge is 2.11. The molecule has 0 aliphatic rings. The predicted octanol–water partition coefficient (Wildman–Crippen LogP) is 4.99. The van der Waals surface area contributed by atoms with E-state index in [1.807, 2.05) is 19.2 Å². The predicted molar refractivity (Wildman–Crippen MR) is 87.4 cm³/mol. The SMILES string of the molecule is CCCCc1ccc(C(NC)c2ccc(Cl)cc2)cc1. The summed E-state index contributed by atoms with van der Waals surface area (Å²) in [5.41, 5.74) is 3.94. The smallest absolute Gasteiger partial charge is 0.0574 e. The highest BCUT2D eigenvalue weighted by Crippen LogP contribution is 2.23. The summed E-state index contributed by atoms with van der Waals surface area (Å²) in [6, 6.07) is 17.2. The van der Waals surface area contributed by atoms with Gasteiger partial charge >= 0.3 is 0 Å². The van der Waals surface area contributed by atoms with Crippen molar-refractivity contribution >= 4 is 11.6 Å². The molecule has 0 heterocycles. The van der Waals surface area contributed by atoms with Crippen LogP contribution in [0, 0.1) is 0 Å². The van der Waals surface area contributed by atoms with E-state index in [9.17, 15) is 0 Å². The molecule has 2 aromatic carbocycles. The molecule has 0 bridgehead atoms. The molecule has 0 fully saturated rings. The van der Waals surface area contributed by atoms with E-state index in [2.05, 4.69) is 48.6 Å². The highest BCUT2D eigenvalue weighted by molar-refractivity contribution is 6.30. The number of unbranched alkanes of at least 4 members (excludes halogenated alkanes) is 1. The van der Waals surface area contributed by atoms with Gasteiger partial charge in [0.25, 0.3) is 0 Å². The second-order valence-corrected chi connectivity index (χ2v) is 5.55. The summed E-state index contributed by atoms with van der Waals surface area (Å²) in [7, 11) is 1.99. The molecule has 1 N–H and O–H groups in total. The van der Waals surface area contributed by atoms with Gasteiger partial charge in [-0.1, -0.05) is 61.3 Å². The highest BCUT2D eigenvalue weighted by atomic mass is 35.5. The van der Waals surface area contributed by atoms with E-state index in [1.54, 1.807) is 0 Å². The topological polar surface area (TPSA) is 12.0 Å². The van der Waals surface area contributed by atoms with Crippen molar-refractivity contribution in [1.82, 2.24) is 5.32 Å². The Balaban J connectivity index is 2.17. The Kier molecular flexibility index (Phi) is 5.63. The molecule has 20 heavy (non-hydrogen) atoms. The minimum atomic E-state index is 0.215. The van der Waals surface area contributed by atoms with E-state index in [1.165, 1.54) is 36.0 Å². The molecular formula is C18H22ClN. The quantitative estimate of drug-likeness (QED) is 0.789. The first kappa shape index (κ1) is 15.1. The first-order valence-corrected chi connectivity index (χ1v) is 7.64. The summed E-state index contributed by atoms with van der Waals surface area (Å²) in [5.74, 6) is 0. The van der Waals surface area contributed by atoms with Crippen molar-refractivity contribution in [3.8, 4) is 0 Å². The summed E-state index contributed by atoms with van der Waals surface area (Å²) in [5, 5.41) is 4.15. The van der Waals surface area contributed by atoms with E-state index in [0.29, 0.717) is 0 Å². The van der Waals surface area contributed by atoms with Crippen LogP contribution in [-0.2, 0) is 6.42 Å². The van der Waals surface area contributed by atoms with E-state index in [4.69, 9.17) is 11.6 Å². The zero-order valence-corrected chi connectivity index (χ0v) is 13.0. The van der Waals surface area contributed by atoms with Crippen LogP contribution in [0.3, 0.4) is 0 Å². The van der Waals surface area contributed by atoms with Crippen molar-refractivity contribution in [2.24, 2.45) is 0 Å². The number of benzene rings is 2. The lowest BCUT2D eigenvalue weighted by atomic mass is 9.97. The van der Waals surface area contributed by atoms with Gasteiger partial charge in [-0.2, -0.15) is 0 Å². The van der Waals surface area contributed by atoms with Gasteiger partial charge in [-0.15, -0.1) is 0 Å². The van der Waals surface area contributed by atoms with Gasteiger partial charge < -0.3 is 5.32 Å². The third kappa shape index (κ3) is 3.84. The van der Waals surface area contributed by atoms with Crippen LogP contribution in [0.2, 0.25) is 5.02 Å². The maximum absolute atomic E-state index is 5.95. The van der Waals surface area contributed by atoms with Gasteiger partial charge in [0.1, 0.15) is 0 Å². The van der Waals surface area contributed by atoms with Gasteiger partial charge in [-0.25, -0.2) is 0 Å². The Hall–Kier alpha value is -1.31. The maximum Gasteiger partial charge on any atom is 0.0574 e. The lowest BCUT2D eigenvalue weighted by Crippen LogP contribution is -2.17. The second-order valence-electron chi connectivity index (χ2n) is 5.12. The van der Waals surface area contributed by atoms with Crippen LogP contribution in [-0.4, -0.2) is 7.05 Å². The van der Waals surface area contributed by atoms with E-state index in [0.717, 1.165) is 5.02 Å². The lowest BCUT2D eigenvalue weighted by molar-refractivity contribution is 0.691. The molecule has 0 saturated heterocycles. The second kappa shape index (κ2) is 7.47. The fourth-order valence-electron chi connectivity index (χ4n) is 2.44. The number of aryl methyl sites for hydroxylation is 1. The fourth-order valence-corrected chi connectivity index (χ4v) is 2.56. The van der Waals surface area contributed by atoms with Crippen molar-refractivity contribution in [3.63, 3.8) is 0 Å². The van der Waals surface area contributed by atoms with Crippen LogP contribution in [0.5, 0.6) is 0 Å². The molecule has 0 aliphatic carbocycles. The molecule has 0 spiro atoms. The number of halogens is 1. The van der Waals surface area contributed by atoms with Crippen LogP contribution < -0.4 is 5.32 Å². The lowest BCUT2D eigenvalue weighted by Gasteiger charge is -2.17. The molecule has 0 aromatic heterocycles. The monoisotopic (exact) mass is 287 g/mol. The van der Waals surface area contributed by atoms with Gasteiger partial charge in [0.2, 0.25) is 0 Å². The number of hydrogen-bond donors (Lipinski definition) is 1. The molecule has 1 atom stereocenters. The molecule has 0 amide bonds. The summed E-state index contributed by atoms with van der Waals surface area (Å²) in [6.45, 7) is 2.23. The molecule has 1 nitrogen and oxygen atoms in total. The minimum Gasteiger partial charge on any atom is -0.309 e. The zero-order chi connectivity index (χ0) is 14.4. The molecule has 106 valence electrons. The molecule has 2 aromatic rings. The standard InChI is InChI=1S/C18H22ClN/c1-3-4-5-14-6-8-15(9-7-14)18(20-2)16-10-12-17(19)13-11-16/h6-13,18,20H,3-5H2,1-2H3. The van der Waals surface area contributed by atoms with Crippen molar-refractivity contribution in [1.29, 1.82) is 0 Å². The number of rotatable bonds is 6. The molecule has 2 rings (SSSR count). The first-order valence-electron chi connectivity index (χ1n) is 7.26. The minimum absolute atomic E-state index is 0.215. The Morgan fingerprint density at radius 1 is 0.950 bits per heavy atom. The Labute approximate surface area is 127 Å². The number of nitrogens with one attached hydrogen (secondary N) is 1. The van der Waals surface area contributed by atoms with Crippen molar-refractivity contribution in [2.45, 2.75) is 32.2 Å². The maximum atomic E-state index is 5.95. The molecule has 0 saturated carbocycles. The average molecular weight is 288 g/mol. The van der Waals surface area contributed by atoms with E-state index < -0.39 is 0 Å². The van der Waals surface area contributed by atoms with Gasteiger partial charge in [0, 0.05) is 5.02 Å². The molecule has 0 aliphatic heterocycles.